The molecule has 0 heterocycles. The van der Waals surface area contributed by atoms with Crippen LogP contribution in [0.5, 0.6) is 5.75 Å². The number of amides is 1. The molecule has 1 N–H and O–H groups in total. The van der Waals surface area contributed by atoms with Crippen molar-refractivity contribution >= 4 is 17.6 Å². The quantitative estimate of drug-likeness (QED) is 0.838. The van der Waals surface area contributed by atoms with Gasteiger partial charge in [-0.1, -0.05) is 0 Å². The molecule has 8 heteroatoms. The van der Waals surface area contributed by atoms with Gasteiger partial charge < -0.3 is 14.8 Å². The van der Waals surface area contributed by atoms with Gasteiger partial charge in [0.1, 0.15) is 11.6 Å². The molecule has 0 bridgehead atoms. The molecule has 2 aromatic carbocycles. The lowest BCUT2D eigenvalue weighted by molar-refractivity contribution is -0.123. The third-order valence-electron chi connectivity index (χ3n) is 3.23. The molecule has 0 saturated heterocycles. The summed E-state index contributed by atoms with van der Waals surface area (Å²) in [7, 11) is 1.27. The third kappa shape index (κ3) is 4.50. The standard InChI is InChI=1S/C17H14F3NO4/c1-9(16(22)21-14-8-11(18)4-5-12(14)19)25-17(23)10-3-6-15(24-2)13(20)7-10/h3-9H,1-2H3,(H,21,22)/t9-/m0/s1. The number of hydrogen-bond acceptors (Lipinski definition) is 4. The van der Waals surface area contributed by atoms with Crippen LogP contribution in [0.4, 0.5) is 18.9 Å². The summed E-state index contributed by atoms with van der Waals surface area (Å²) in [5.41, 5.74) is -0.515. The summed E-state index contributed by atoms with van der Waals surface area (Å²) in [6.07, 6.45) is -1.32. The lowest BCUT2D eigenvalue weighted by Gasteiger charge is -2.14. The molecule has 1 amide bonds. The molecule has 0 aliphatic heterocycles. The highest BCUT2D eigenvalue weighted by Crippen LogP contribution is 2.19. The number of benzene rings is 2. The zero-order chi connectivity index (χ0) is 18.6. The van der Waals surface area contributed by atoms with Gasteiger partial charge in [0.2, 0.25) is 0 Å². The minimum absolute atomic E-state index is 0.0519. The van der Waals surface area contributed by atoms with Crippen LogP contribution in [0, 0.1) is 17.5 Å². The largest absolute Gasteiger partial charge is 0.494 e. The maximum absolute atomic E-state index is 13.6. The van der Waals surface area contributed by atoms with Crippen molar-refractivity contribution in [3.8, 4) is 5.75 Å². The summed E-state index contributed by atoms with van der Waals surface area (Å²) in [6.45, 7) is 1.24. The topological polar surface area (TPSA) is 64.6 Å². The zero-order valence-corrected chi connectivity index (χ0v) is 13.3. The van der Waals surface area contributed by atoms with Crippen LogP contribution in [0.3, 0.4) is 0 Å². The Kier molecular flexibility index (Phi) is 5.63. The minimum atomic E-state index is -1.32. The molecule has 0 saturated carbocycles. The lowest BCUT2D eigenvalue weighted by atomic mass is 10.2. The van der Waals surface area contributed by atoms with Crippen molar-refractivity contribution in [2.75, 3.05) is 12.4 Å². The normalized spacial score (nSPS) is 11.6. The number of nitrogens with one attached hydrogen (secondary N) is 1. The number of carbonyl (C=O) groups excluding carboxylic acids is 2. The Balaban J connectivity index is 2.04. The van der Waals surface area contributed by atoms with Gasteiger partial charge in [0.25, 0.3) is 5.91 Å². The van der Waals surface area contributed by atoms with Crippen molar-refractivity contribution in [1.82, 2.24) is 0 Å². The van der Waals surface area contributed by atoms with Gasteiger partial charge in [0.05, 0.1) is 18.4 Å². The van der Waals surface area contributed by atoms with Crippen molar-refractivity contribution in [1.29, 1.82) is 0 Å². The van der Waals surface area contributed by atoms with Crippen molar-refractivity contribution in [2.24, 2.45) is 0 Å². The first kappa shape index (κ1) is 18.3. The Labute approximate surface area is 141 Å². The van der Waals surface area contributed by atoms with E-state index in [0.717, 1.165) is 24.3 Å². The number of esters is 1. The van der Waals surface area contributed by atoms with E-state index in [-0.39, 0.29) is 17.0 Å². The molecule has 2 rings (SSSR count). The first-order valence-corrected chi connectivity index (χ1v) is 7.12. The Hall–Kier alpha value is -3.03. The SMILES string of the molecule is COc1ccc(C(=O)O[C@@H](C)C(=O)Nc2cc(F)ccc2F)cc1F. The number of rotatable bonds is 5. The second kappa shape index (κ2) is 7.69. The van der Waals surface area contributed by atoms with Gasteiger partial charge in [0, 0.05) is 6.07 Å². The fourth-order valence-electron chi connectivity index (χ4n) is 1.90. The van der Waals surface area contributed by atoms with Crippen molar-refractivity contribution in [3.05, 3.63) is 59.4 Å². The second-order valence-electron chi connectivity index (χ2n) is 5.01. The first-order chi connectivity index (χ1) is 11.8. The van der Waals surface area contributed by atoms with Crippen LogP contribution in [0.2, 0.25) is 0 Å². The summed E-state index contributed by atoms with van der Waals surface area (Å²) >= 11 is 0. The molecule has 0 spiro atoms. The Morgan fingerprint density at radius 1 is 1.04 bits per heavy atom. The average Bonchev–Trinajstić information content (AvgIpc) is 2.57. The molecule has 25 heavy (non-hydrogen) atoms. The Bertz CT molecular complexity index is 810. The number of carbonyl (C=O) groups is 2. The maximum Gasteiger partial charge on any atom is 0.339 e. The Morgan fingerprint density at radius 3 is 2.40 bits per heavy atom. The second-order valence-corrected chi connectivity index (χ2v) is 5.01. The maximum atomic E-state index is 13.6. The number of ether oxygens (including phenoxy) is 2. The molecule has 0 aromatic heterocycles. The summed E-state index contributed by atoms with van der Waals surface area (Å²) in [5, 5.41) is 2.11. The highest BCUT2D eigenvalue weighted by atomic mass is 19.1. The first-order valence-electron chi connectivity index (χ1n) is 7.12. The number of hydrogen-bond donors (Lipinski definition) is 1. The average molecular weight is 353 g/mol. The van der Waals surface area contributed by atoms with Gasteiger partial charge in [-0.05, 0) is 37.3 Å². The molecule has 132 valence electrons. The molecule has 2 aromatic rings. The molecule has 5 nitrogen and oxygen atoms in total. The van der Waals surface area contributed by atoms with Crippen LogP contribution in [-0.2, 0) is 9.53 Å². The van der Waals surface area contributed by atoms with E-state index in [1.807, 2.05) is 0 Å². The van der Waals surface area contributed by atoms with Crippen LogP contribution in [0.25, 0.3) is 0 Å². The van der Waals surface area contributed by atoms with Crippen molar-refractivity contribution < 1.29 is 32.2 Å². The minimum Gasteiger partial charge on any atom is -0.494 e. The van der Waals surface area contributed by atoms with Gasteiger partial charge in [0.15, 0.2) is 17.7 Å². The van der Waals surface area contributed by atoms with Crippen LogP contribution in [-0.4, -0.2) is 25.1 Å². The zero-order valence-electron chi connectivity index (χ0n) is 13.3. The van der Waals surface area contributed by atoms with Crippen LogP contribution < -0.4 is 10.1 Å². The monoisotopic (exact) mass is 353 g/mol. The van der Waals surface area contributed by atoms with E-state index in [1.165, 1.54) is 26.2 Å². The molecule has 0 aliphatic carbocycles. The number of methoxy groups -OCH3 is 1. The van der Waals surface area contributed by atoms with E-state index in [9.17, 15) is 22.8 Å². The van der Waals surface area contributed by atoms with E-state index >= 15 is 0 Å². The van der Waals surface area contributed by atoms with Gasteiger partial charge >= 0.3 is 5.97 Å². The third-order valence-corrected chi connectivity index (χ3v) is 3.23. The van der Waals surface area contributed by atoms with Crippen LogP contribution in [0.1, 0.15) is 17.3 Å². The molecule has 0 aliphatic rings. The van der Waals surface area contributed by atoms with Crippen LogP contribution >= 0.6 is 0 Å². The predicted octanol–water partition coefficient (Wildman–Crippen LogP) is 3.30. The van der Waals surface area contributed by atoms with Crippen molar-refractivity contribution in [3.63, 3.8) is 0 Å². The van der Waals surface area contributed by atoms with Gasteiger partial charge in [-0.2, -0.15) is 0 Å². The van der Waals surface area contributed by atoms with Crippen LogP contribution in [0.15, 0.2) is 36.4 Å². The van der Waals surface area contributed by atoms with Gasteiger partial charge in [-0.25, -0.2) is 18.0 Å². The number of halogens is 3. The summed E-state index contributed by atoms with van der Waals surface area (Å²) in [5.74, 6) is -4.23. The van der Waals surface area contributed by atoms with E-state index in [0.29, 0.717) is 0 Å². The molecular weight excluding hydrogens is 339 g/mol. The van der Waals surface area contributed by atoms with E-state index < -0.39 is 35.4 Å². The molecule has 1 atom stereocenters. The lowest BCUT2D eigenvalue weighted by Crippen LogP contribution is -2.30. The summed E-state index contributed by atoms with van der Waals surface area (Å²) in [6, 6.07) is 5.94. The van der Waals surface area contributed by atoms with Gasteiger partial charge in [-0.15, -0.1) is 0 Å². The van der Waals surface area contributed by atoms with Crippen molar-refractivity contribution in [2.45, 2.75) is 13.0 Å². The fourth-order valence-corrected chi connectivity index (χ4v) is 1.90. The number of anilines is 1. The Morgan fingerprint density at radius 2 is 1.76 bits per heavy atom. The van der Waals surface area contributed by atoms with Gasteiger partial charge in [-0.3, -0.25) is 4.79 Å². The van der Waals surface area contributed by atoms with E-state index in [4.69, 9.17) is 9.47 Å². The summed E-state index contributed by atoms with van der Waals surface area (Å²) < 4.78 is 49.8. The van der Waals surface area contributed by atoms with E-state index in [1.54, 1.807) is 0 Å². The highest BCUT2D eigenvalue weighted by Gasteiger charge is 2.21. The summed E-state index contributed by atoms with van der Waals surface area (Å²) in [4.78, 5) is 23.9. The smallest absolute Gasteiger partial charge is 0.339 e. The fraction of sp³-hybridized carbons (Fsp3) is 0.176. The van der Waals surface area contributed by atoms with E-state index in [2.05, 4.69) is 5.32 Å². The molecule has 0 unspecified atom stereocenters. The molecular formula is C17H14F3NO4. The molecule has 0 fully saturated rings. The highest BCUT2D eigenvalue weighted by molar-refractivity contribution is 5.97. The molecule has 0 radical (unpaired) electrons. The predicted molar refractivity (Wildman–Crippen MR) is 82.8 cm³/mol.